The van der Waals surface area contributed by atoms with E-state index in [1.54, 1.807) is 27.8 Å². The highest BCUT2D eigenvalue weighted by Crippen LogP contribution is 2.06. The Morgan fingerprint density at radius 1 is 1.53 bits per heavy atom. The second kappa shape index (κ2) is 5.07. The van der Waals surface area contributed by atoms with E-state index in [1.165, 1.54) is 10.7 Å². The summed E-state index contributed by atoms with van der Waals surface area (Å²) >= 11 is 0. The summed E-state index contributed by atoms with van der Waals surface area (Å²) in [6.45, 7) is 5.85. The molecule has 96 valence electrons. The fraction of sp³-hybridized carbons (Fsp3) is 0.636. The van der Waals surface area contributed by atoms with E-state index in [0.717, 1.165) is 5.69 Å². The minimum Gasteiger partial charge on any atom is -0.444 e. The molecule has 0 atom stereocenters. The molecule has 0 spiro atoms. The van der Waals surface area contributed by atoms with Crippen LogP contribution < -0.4 is 10.9 Å². The fourth-order valence-corrected chi connectivity index (χ4v) is 1.29. The van der Waals surface area contributed by atoms with E-state index >= 15 is 0 Å². The van der Waals surface area contributed by atoms with Gasteiger partial charge in [0.2, 0.25) is 0 Å². The molecule has 6 heteroatoms. The van der Waals surface area contributed by atoms with Crippen molar-refractivity contribution in [1.29, 1.82) is 0 Å². The Hall–Kier alpha value is -1.72. The van der Waals surface area contributed by atoms with E-state index in [9.17, 15) is 9.59 Å². The normalized spacial score (nSPS) is 11.3. The minimum absolute atomic E-state index is 0.0859. The van der Waals surface area contributed by atoms with Crippen LogP contribution in [0.25, 0.3) is 0 Å². The molecule has 0 aliphatic carbocycles. The molecule has 0 saturated heterocycles. The van der Waals surface area contributed by atoms with Crippen LogP contribution in [0.4, 0.5) is 4.79 Å². The van der Waals surface area contributed by atoms with Gasteiger partial charge in [0.25, 0.3) is 5.56 Å². The van der Waals surface area contributed by atoms with E-state index < -0.39 is 11.7 Å². The Bertz CT molecular complexity index is 440. The SMILES string of the molecule is Cn1[nH]c(CCNC(=O)OC(C)(C)C)cc1=O. The molecule has 2 N–H and O–H groups in total. The van der Waals surface area contributed by atoms with E-state index in [-0.39, 0.29) is 5.56 Å². The van der Waals surface area contributed by atoms with Crippen LogP contribution in [0.2, 0.25) is 0 Å². The molecule has 6 nitrogen and oxygen atoms in total. The highest BCUT2D eigenvalue weighted by atomic mass is 16.6. The monoisotopic (exact) mass is 241 g/mol. The third-order valence-electron chi connectivity index (χ3n) is 2.00. The predicted octanol–water partition coefficient (Wildman–Crippen LogP) is 0.781. The van der Waals surface area contributed by atoms with Gasteiger partial charge in [0.05, 0.1) is 0 Å². The standard InChI is InChI=1S/C11H19N3O3/c1-11(2,3)17-10(16)12-6-5-8-7-9(15)14(4)13-8/h7,13H,5-6H2,1-4H3,(H,12,16). The summed E-state index contributed by atoms with van der Waals surface area (Å²) in [6, 6.07) is 1.51. The first-order valence-electron chi connectivity index (χ1n) is 5.50. The lowest BCUT2D eigenvalue weighted by Crippen LogP contribution is -2.33. The maximum Gasteiger partial charge on any atom is 0.407 e. The molecule has 1 amide bonds. The van der Waals surface area contributed by atoms with Crippen LogP contribution in [-0.4, -0.2) is 28.0 Å². The van der Waals surface area contributed by atoms with Gasteiger partial charge in [0, 0.05) is 31.8 Å². The molecule has 0 bridgehead atoms. The zero-order valence-electron chi connectivity index (χ0n) is 10.7. The zero-order chi connectivity index (χ0) is 13.1. The zero-order valence-corrected chi connectivity index (χ0v) is 10.7. The summed E-state index contributed by atoms with van der Waals surface area (Å²) in [4.78, 5) is 22.5. The molecule has 0 aliphatic heterocycles. The highest BCUT2D eigenvalue weighted by Gasteiger charge is 2.15. The summed E-state index contributed by atoms with van der Waals surface area (Å²) in [5.74, 6) is 0. The molecule has 0 aromatic carbocycles. The van der Waals surface area contributed by atoms with Crippen LogP contribution >= 0.6 is 0 Å². The average Bonchev–Trinajstić information content (AvgIpc) is 2.43. The topological polar surface area (TPSA) is 76.1 Å². The van der Waals surface area contributed by atoms with Crippen LogP contribution in [0.15, 0.2) is 10.9 Å². The molecule has 1 aromatic rings. The molecule has 0 unspecified atom stereocenters. The Kier molecular flexibility index (Phi) is 3.98. The molecule has 1 aromatic heterocycles. The van der Waals surface area contributed by atoms with Crippen molar-refractivity contribution in [1.82, 2.24) is 15.1 Å². The number of nitrogens with one attached hydrogen (secondary N) is 2. The number of carbonyl (C=O) groups is 1. The quantitative estimate of drug-likeness (QED) is 0.821. The van der Waals surface area contributed by atoms with Crippen molar-refractivity contribution < 1.29 is 9.53 Å². The van der Waals surface area contributed by atoms with Gasteiger partial charge in [-0.2, -0.15) is 0 Å². The first-order valence-corrected chi connectivity index (χ1v) is 5.50. The van der Waals surface area contributed by atoms with Gasteiger partial charge in [-0.1, -0.05) is 0 Å². The Morgan fingerprint density at radius 3 is 2.65 bits per heavy atom. The van der Waals surface area contributed by atoms with E-state index in [0.29, 0.717) is 13.0 Å². The first kappa shape index (κ1) is 13.3. The van der Waals surface area contributed by atoms with Crippen molar-refractivity contribution in [2.75, 3.05) is 6.54 Å². The van der Waals surface area contributed by atoms with Crippen molar-refractivity contribution in [2.24, 2.45) is 7.05 Å². The fourth-order valence-electron chi connectivity index (χ4n) is 1.29. The Balaban J connectivity index is 2.33. The van der Waals surface area contributed by atoms with E-state index in [2.05, 4.69) is 10.4 Å². The summed E-state index contributed by atoms with van der Waals surface area (Å²) in [7, 11) is 1.65. The first-order chi connectivity index (χ1) is 7.78. The van der Waals surface area contributed by atoms with Crippen LogP contribution in [0, 0.1) is 0 Å². The average molecular weight is 241 g/mol. The summed E-state index contributed by atoms with van der Waals surface area (Å²) < 4.78 is 6.47. The van der Waals surface area contributed by atoms with Gasteiger partial charge in [-0.3, -0.25) is 14.6 Å². The number of amides is 1. The Labute approximate surface area is 99.9 Å². The summed E-state index contributed by atoms with van der Waals surface area (Å²) in [6.07, 6.45) is 0.116. The number of hydrogen-bond donors (Lipinski definition) is 2. The maximum atomic E-state index is 11.3. The predicted molar refractivity (Wildman–Crippen MR) is 64.0 cm³/mol. The summed E-state index contributed by atoms with van der Waals surface area (Å²) in [5, 5.41) is 5.50. The highest BCUT2D eigenvalue weighted by molar-refractivity contribution is 5.67. The van der Waals surface area contributed by atoms with E-state index in [4.69, 9.17) is 4.74 Å². The number of H-pyrrole nitrogens is 1. The van der Waals surface area contributed by atoms with Crippen LogP contribution in [-0.2, 0) is 18.2 Å². The van der Waals surface area contributed by atoms with Gasteiger partial charge in [0.15, 0.2) is 0 Å². The molecule has 0 fully saturated rings. The van der Waals surface area contributed by atoms with Gasteiger partial charge in [-0.25, -0.2) is 4.79 Å². The Morgan fingerprint density at radius 2 is 2.18 bits per heavy atom. The van der Waals surface area contributed by atoms with Crippen LogP contribution in [0.1, 0.15) is 26.5 Å². The third-order valence-corrected chi connectivity index (χ3v) is 2.00. The number of nitrogens with zero attached hydrogens (tertiary/aromatic N) is 1. The van der Waals surface area contributed by atoms with Crippen molar-refractivity contribution in [3.05, 3.63) is 22.1 Å². The molecular weight excluding hydrogens is 222 g/mol. The molecular formula is C11H19N3O3. The van der Waals surface area contributed by atoms with Gasteiger partial charge in [-0.15, -0.1) is 0 Å². The molecule has 0 saturated carbocycles. The summed E-state index contributed by atoms with van der Waals surface area (Å²) in [5.41, 5.74) is 0.205. The number of aromatic nitrogens is 2. The lowest BCUT2D eigenvalue weighted by Gasteiger charge is -2.19. The second-order valence-electron chi connectivity index (χ2n) is 4.86. The maximum absolute atomic E-state index is 11.3. The van der Waals surface area contributed by atoms with Crippen LogP contribution in [0.3, 0.4) is 0 Å². The largest absolute Gasteiger partial charge is 0.444 e. The van der Waals surface area contributed by atoms with Gasteiger partial charge in [-0.05, 0) is 20.8 Å². The number of hydrogen-bond acceptors (Lipinski definition) is 3. The van der Waals surface area contributed by atoms with Crippen molar-refractivity contribution in [2.45, 2.75) is 32.8 Å². The molecule has 1 rings (SSSR count). The minimum atomic E-state index is -0.495. The molecule has 1 heterocycles. The lowest BCUT2D eigenvalue weighted by atomic mass is 10.2. The number of carbonyl (C=O) groups excluding carboxylic acids is 1. The van der Waals surface area contributed by atoms with Crippen molar-refractivity contribution in [3.8, 4) is 0 Å². The van der Waals surface area contributed by atoms with Crippen LogP contribution in [0.5, 0.6) is 0 Å². The molecule has 17 heavy (non-hydrogen) atoms. The van der Waals surface area contributed by atoms with Crippen molar-refractivity contribution >= 4 is 6.09 Å². The number of aryl methyl sites for hydroxylation is 1. The van der Waals surface area contributed by atoms with Gasteiger partial charge >= 0.3 is 6.09 Å². The number of rotatable bonds is 3. The molecule has 0 radical (unpaired) electrons. The number of ether oxygens (including phenoxy) is 1. The number of aromatic amines is 1. The number of alkyl carbamates (subject to hydrolysis) is 1. The lowest BCUT2D eigenvalue weighted by molar-refractivity contribution is 0.0528. The smallest absolute Gasteiger partial charge is 0.407 e. The third kappa shape index (κ3) is 4.76. The van der Waals surface area contributed by atoms with Crippen molar-refractivity contribution in [3.63, 3.8) is 0 Å². The van der Waals surface area contributed by atoms with Gasteiger partial charge in [0.1, 0.15) is 5.60 Å². The van der Waals surface area contributed by atoms with E-state index in [1.807, 2.05) is 0 Å². The second-order valence-corrected chi connectivity index (χ2v) is 4.86. The van der Waals surface area contributed by atoms with Gasteiger partial charge < -0.3 is 10.1 Å². The molecule has 0 aliphatic rings.